The lowest BCUT2D eigenvalue weighted by Crippen LogP contribution is -2.40. The number of hydrogen-bond acceptors (Lipinski definition) is 2. The number of likely N-dealkylation sites (tertiary alicyclic amines) is 1. The van der Waals surface area contributed by atoms with E-state index in [4.69, 9.17) is 11.6 Å². The van der Waals surface area contributed by atoms with E-state index in [1.54, 1.807) is 4.90 Å². The van der Waals surface area contributed by atoms with Gasteiger partial charge in [-0.3, -0.25) is 9.59 Å². The van der Waals surface area contributed by atoms with Crippen LogP contribution in [0.4, 0.5) is 13.2 Å². The van der Waals surface area contributed by atoms with Crippen LogP contribution in [0.15, 0.2) is 17.1 Å². The topological polar surface area (TPSA) is 42.3 Å². The predicted molar refractivity (Wildman–Crippen MR) is 92.0 cm³/mol. The molecule has 2 atom stereocenters. The fourth-order valence-corrected chi connectivity index (χ4v) is 5.09. The van der Waals surface area contributed by atoms with E-state index in [0.717, 1.165) is 23.8 Å². The molecule has 1 aliphatic heterocycles. The monoisotopic (exact) mass is 390 g/mol. The first-order valence-electron chi connectivity index (χ1n) is 8.56. The first-order valence-corrected chi connectivity index (χ1v) is 8.94. The average Bonchev–Trinajstić information content (AvgIpc) is 2.71. The molecule has 26 heavy (non-hydrogen) atoms. The van der Waals surface area contributed by atoms with Gasteiger partial charge in [-0.25, -0.2) is 0 Å². The number of aromatic nitrogens is 1. The first-order chi connectivity index (χ1) is 11.8. The molecule has 144 valence electrons. The molecule has 1 aliphatic carbocycles. The van der Waals surface area contributed by atoms with Gasteiger partial charge >= 0.3 is 6.18 Å². The lowest BCUT2D eigenvalue weighted by atomic mass is 9.65. The molecule has 0 spiro atoms. The Balaban J connectivity index is 1.85. The van der Waals surface area contributed by atoms with E-state index >= 15 is 0 Å². The van der Waals surface area contributed by atoms with Crippen LogP contribution in [0.5, 0.6) is 0 Å². The van der Waals surface area contributed by atoms with Gasteiger partial charge in [-0.1, -0.05) is 32.4 Å². The van der Waals surface area contributed by atoms with Crippen LogP contribution in [0, 0.1) is 10.8 Å². The largest absolute Gasteiger partial charge is 0.417 e. The molecule has 2 bridgehead atoms. The van der Waals surface area contributed by atoms with Gasteiger partial charge in [-0.15, -0.1) is 0 Å². The van der Waals surface area contributed by atoms with Crippen molar-refractivity contribution in [1.29, 1.82) is 0 Å². The molecular formula is C18H22ClF3N2O2. The van der Waals surface area contributed by atoms with Crippen LogP contribution in [0.25, 0.3) is 0 Å². The molecule has 3 rings (SSSR count). The third kappa shape index (κ3) is 3.63. The summed E-state index contributed by atoms with van der Waals surface area (Å²) in [6.45, 7) is 6.61. The fraction of sp³-hybridized carbons (Fsp3) is 0.667. The van der Waals surface area contributed by atoms with Gasteiger partial charge in [0.1, 0.15) is 11.6 Å². The minimum absolute atomic E-state index is 0.0124. The highest BCUT2D eigenvalue weighted by Gasteiger charge is 2.50. The third-order valence-corrected chi connectivity index (χ3v) is 5.68. The Hall–Kier alpha value is -1.50. The molecule has 1 saturated heterocycles. The molecule has 0 unspecified atom stereocenters. The molecular weight excluding hydrogens is 369 g/mol. The highest BCUT2D eigenvalue weighted by molar-refractivity contribution is 6.30. The lowest BCUT2D eigenvalue weighted by Gasteiger charge is -2.39. The third-order valence-electron chi connectivity index (χ3n) is 5.41. The molecule has 2 heterocycles. The van der Waals surface area contributed by atoms with Gasteiger partial charge in [-0.05, 0) is 36.2 Å². The Kier molecular flexibility index (Phi) is 4.45. The van der Waals surface area contributed by atoms with Crippen LogP contribution in [0.2, 0.25) is 5.02 Å². The van der Waals surface area contributed by atoms with E-state index in [-0.39, 0.29) is 22.8 Å². The number of hydrogen-bond donors (Lipinski definition) is 0. The van der Waals surface area contributed by atoms with Gasteiger partial charge in [-0.2, -0.15) is 13.2 Å². The maximum absolute atomic E-state index is 13.0. The van der Waals surface area contributed by atoms with Crippen LogP contribution in [-0.2, 0) is 17.5 Å². The van der Waals surface area contributed by atoms with Crippen LogP contribution >= 0.6 is 11.6 Å². The molecule has 2 fully saturated rings. The molecule has 0 radical (unpaired) electrons. The number of fused-ring (bicyclic) bond motifs is 2. The number of pyridine rings is 1. The van der Waals surface area contributed by atoms with Crippen molar-refractivity contribution in [2.24, 2.45) is 10.8 Å². The highest BCUT2D eigenvalue weighted by atomic mass is 35.5. The lowest BCUT2D eigenvalue weighted by molar-refractivity contribution is -0.139. The number of nitrogens with zero attached hydrogens (tertiary/aromatic N) is 2. The van der Waals surface area contributed by atoms with Crippen molar-refractivity contribution in [3.05, 3.63) is 33.2 Å². The van der Waals surface area contributed by atoms with Gasteiger partial charge in [0.15, 0.2) is 0 Å². The summed E-state index contributed by atoms with van der Waals surface area (Å²) in [7, 11) is 0. The normalized spacial score (nSPS) is 27.7. The Bertz CT molecular complexity index is 803. The quantitative estimate of drug-likeness (QED) is 0.767. The maximum atomic E-state index is 13.0. The summed E-state index contributed by atoms with van der Waals surface area (Å²) in [6.07, 6.45) is -1.23. The SMILES string of the molecule is CC1(C)C[C@@H]2C[C@@](C)(CN2C(=O)Cn2cc(C(F)(F)F)cc(Cl)c2=O)C1. The maximum Gasteiger partial charge on any atom is 0.417 e. The molecule has 1 saturated carbocycles. The van der Waals surface area contributed by atoms with E-state index in [9.17, 15) is 22.8 Å². The predicted octanol–water partition coefficient (Wildman–Crippen LogP) is 3.95. The van der Waals surface area contributed by atoms with Crippen LogP contribution < -0.4 is 5.56 Å². The second-order valence-electron chi connectivity index (χ2n) is 8.74. The fourth-order valence-electron chi connectivity index (χ4n) is 4.86. The second kappa shape index (κ2) is 6.01. The van der Waals surface area contributed by atoms with Crippen molar-refractivity contribution in [2.45, 2.75) is 58.8 Å². The van der Waals surface area contributed by atoms with Crippen molar-refractivity contribution in [1.82, 2.24) is 9.47 Å². The number of halogens is 4. The van der Waals surface area contributed by atoms with Gasteiger partial charge in [0.2, 0.25) is 5.91 Å². The molecule has 1 aromatic rings. The first kappa shape index (κ1) is 19.3. The zero-order chi connectivity index (χ0) is 19.5. The number of amides is 1. The van der Waals surface area contributed by atoms with E-state index in [1.165, 1.54) is 0 Å². The number of alkyl halides is 3. The second-order valence-corrected chi connectivity index (χ2v) is 9.15. The van der Waals surface area contributed by atoms with Crippen molar-refractivity contribution in [3.63, 3.8) is 0 Å². The Morgan fingerprint density at radius 1 is 1.31 bits per heavy atom. The van der Waals surface area contributed by atoms with Crippen molar-refractivity contribution in [2.75, 3.05) is 6.54 Å². The Morgan fingerprint density at radius 2 is 1.96 bits per heavy atom. The summed E-state index contributed by atoms with van der Waals surface area (Å²) in [4.78, 5) is 26.6. The van der Waals surface area contributed by atoms with Crippen LogP contribution in [0.3, 0.4) is 0 Å². The van der Waals surface area contributed by atoms with Gasteiger partial charge in [0.25, 0.3) is 5.56 Å². The van der Waals surface area contributed by atoms with Gasteiger partial charge in [0, 0.05) is 18.8 Å². The van der Waals surface area contributed by atoms with E-state index < -0.39 is 28.9 Å². The van der Waals surface area contributed by atoms with Crippen molar-refractivity contribution in [3.8, 4) is 0 Å². The standard InChI is InChI=1S/C18H22ClF3N2O2/c1-16(2)5-12-6-17(3,9-16)10-24(12)14(25)8-23-7-11(18(20,21)22)4-13(19)15(23)26/h4,7,12H,5-6,8-10H2,1-3H3/t12-,17-/m1/s1. The molecule has 8 heteroatoms. The molecule has 4 nitrogen and oxygen atoms in total. The summed E-state index contributed by atoms with van der Waals surface area (Å²) < 4.78 is 39.6. The molecule has 1 amide bonds. The van der Waals surface area contributed by atoms with E-state index in [1.807, 2.05) is 0 Å². The van der Waals surface area contributed by atoms with E-state index in [2.05, 4.69) is 20.8 Å². The van der Waals surface area contributed by atoms with Crippen molar-refractivity contribution < 1.29 is 18.0 Å². The van der Waals surface area contributed by atoms with Crippen molar-refractivity contribution >= 4 is 17.5 Å². The molecule has 0 N–H and O–H groups in total. The number of carbonyl (C=O) groups is 1. The Labute approximate surface area is 154 Å². The van der Waals surface area contributed by atoms with Gasteiger partial charge in [0.05, 0.1) is 5.56 Å². The smallest absolute Gasteiger partial charge is 0.338 e. The highest BCUT2D eigenvalue weighted by Crippen LogP contribution is 2.52. The summed E-state index contributed by atoms with van der Waals surface area (Å²) in [5.41, 5.74) is -1.70. The number of carbonyl (C=O) groups excluding carboxylic acids is 1. The summed E-state index contributed by atoms with van der Waals surface area (Å²) in [5, 5.41) is -0.541. The summed E-state index contributed by atoms with van der Waals surface area (Å²) in [5.74, 6) is -0.339. The Morgan fingerprint density at radius 3 is 2.58 bits per heavy atom. The van der Waals surface area contributed by atoms with Gasteiger partial charge < -0.3 is 9.47 Å². The van der Waals surface area contributed by atoms with Crippen LogP contribution in [-0.4, -0.2) is 28.0 Å². The van der Waals surface area contributed by atoms with Crippen LogP contribution in [0.1, 0.15) is 45.6 Å². The molecule has 0 aromatic carbocycles. The number of rotatable bonds is 2. The zero-order valence-corrected chi connectivity index (χ0v) is 15.7. The molecule has 1 aromatic heterocycles. The minimum Gasteiger partial charge on any atom is -0.338 e. The zero-order valence-electron chi connectivity index (χ0n) is 15.0. The average molecular weight is 391 g/mol. The molecule has 2 aliphatic rings. The summed E-state index contributed by atoms with van der Waals surface area (Å²) >= 11 is 5.66. The summed E-state index contributed by atoms with van der Waals surface area (Å²) in [6, 6.07) is 0.658. The minimum atomic E-state index is -4.64. The van der Waals surface area contributed by atoms with E-state index in [0.29, 0.717) is 18.8 Å².